The van der Waals surface area contributed by atoms with Crippen LogP contribution in [0.3, 0.4) is 0 Å². The van der Waals surface area contributed by atoms with Gasteiger partial charge in [-0.25, -0.2) is 4.98 Å². The maximum Gasteiger partial charge on any atom is 0.0897 e. The third-order valence-corrected chi connectivity index (χ3v) is 4.87. The summed E-state index contributed by atoms with van der Waals surface area (Å²) in [6.45, 7) is 4.95. The van der Waals surface area contributed by atoms with Gasteiger partial charge >= 0.3 is 0 Å². The third kappa shape index (κ3) is 3.53. The Labute approximate surface area is 114 Å². The Morgan fingerprint density at radius 2 is 2.11 bits per heavy atom. The fourth-order valence-corrected chi connectivity index (χ4v) is 3.72. The quantitative estimate of drug-likeness (QED) is 0.892. The lowest BCUT2D eigenvalue weighted by atomic mass is 9.74. The van der Waals surface area contributed by atoms with Crippen molar-refractivity contribution in [2.75, 3.05) is 20.1 Å². The molecule has 102 valence electrons. The van der Waals surface area contributed by atoms with E-state index in [0.717, 1.165) is 24.6 Å². The van der Waals surface area contributed by atoms with Crippen LogP contribution in [0.15, 0.2) is 5.38 Å². The summed E-state index contributed by atoms with van der Waals surface area (Å²) in [5, 5.41) is 3.33. The number of thiazole rings is 1. The second kappa shape index (κ2) is 6.13. The Kier molecular flexibility index (Phi) is 4.76. The number of aromatic nitrogens is 1. The topological polar surface area (TPSA) is 42.2 Å². The largest absolute Gasteiger partial charge is 0.330 e. The summed E-state index contributed by atoms with van der Waals surface area (Å²) in [4.78, 5) is 6.93. The normalized spacial score (nSPS) is 19.3. The summed E-state index contributed by atoms with van der Waals surface area (Å²) in [6.07, 6.45) is 6.67. The van der Waals surface area contributed by atoms with E-state index in [1.54, 1.807) is 11.3 Å². The van der Waals surface area contributed by atoms with Gasteiger partial charge in [-0.05, 0) is 38.8 Å². The summed E-state index contributed by atoms with van der Waals surface area (Å²) in [6, 6.07) is 0. The molecule has 0 unspecified atom stereocenters. The predicted octanol–water partition coefficient (Wildman–Crippen LogP) is 2.79. The highest BCUT2D eigenvalue weighted by Gasteiger charge is 2.31. The van der Waals surface area contributed by atoms with Crippen LogP contribution < -0.4 is 5.73 Å². The molecule has 0 amide bonds. The van der Waals surface area contributed by atoms with Gasteiger partial charge in [-0.15, -0.1) is 11.3 Å². The summed E-state index contributed by atoms with van der Waals surface area (Å²) in [5.41, 5.74) is 7.60. The zero-order chi connectivity index (χ0) is 13.0. The molecule has 1 saturated carbocycles. The molecule has 0 saturated heterocycles. The molecule has 0 aromatic carbocycles. The average Bonchev–Trinajstić information content (AvgIpc) is 2.75. The molecule has 18 heavy (non-hydrogen) atoms. The van der Waals surface area contributed by atoms with Gasteiger partial charge < -0.3 is 5.73 Å². The third-order valence-electron chi connectivity index (χ3n) is 4.05. The first kappa shape index (κ1) is 14.0. The number of rotatable bonds is 5. The molecule has 1 aliphatic rings. The van der Waals surface area contributed by atoms with Crippen LogP contribution >= 0.6 is 11.3 Å². The van der Waals surface area contributed by atoms with Crippen LogP contribution in [-0.4, -0.2) is 30.0 Å². The second-order valence-corrected chi connectivity index (χ2v) is 6.86. The molecule has 0 atom stereocenters. The average molecular weight is 267 g/mol. The van der Waals surface area contributed by atoms with E-state index in [1.807, 2.05) is 0 Å². The molecule has 0 bridgehead atoms. The highest BCUT2D eigenvalue weighted by atomic mass is 32.1. The SMILES string of the molecule is Cc1nc(CN(C)CC2(CN)CCCCC2)cs1. The number of hydrogen-bond acceptors (Lipinski definition) is 4. The van der Waals surface area contributed by atoms with E-state index in [0.29, 0.717) is 5.41 Å². The molecule has 1 aromatic rings. The molecule has 2 N–H and O–H groups in total. The van der Waals surface area contributed by atoms with Crippen molar-refractivity contribution in [3.63, 3.8) is 0 Å². The molecule has 0 radical (unpaired) electrons. The minimum atomic E-state index is 0.359. The lowest BCUT2D eigenvalue weighted by Crippen LogP contribution is -2.42. The Bertz CT molecular complexity index is 369. The van der Waals surface area contributed by atoms with E-state index < -0.39 is 0 Å². The maximum absolute atomic E-state index is 6.04. The number of nitrogens with zero attached hydrogens (tertiary/aromatic N) is 2. The maximum atomic E-state index is 6.04. The second-order valence-electron chi connectivity index (χ2n) is 5.79. The standard InChI is InChI=1S/C14H25N3S/c1-12-16-13(9-18-12)8-17(2)11-14(10-15)6-4-3-5-7-14/h9H,3-8,10-11,15H2,1-2H3. The lowest BCUT2D eigenvalue weighted by molar-refractivity contribution is 0.123. The molecule has 1 aromatic heterocycles. The van der Waals surface area contributed by atoms with Gasteiger partial charge in [0.05, 0.1) is 10.7 Å². The molecular weight excluding hydrogens is 242 g/mol. The number of hydrogen-bond donors (Lipinski definition) is 1. The fraction of sp³-hybridized carbons (Fsp3) is 0.786. The van der Waals surface area contributed by atoms with Crippen LogP contribution in [0.1, 0.15) is 42.8 Å². The Balaban J connectivity index is 1.90. The first-order valence-corrected chi connectivity index (χ1v) is 7.81. The van der Waals surface area contributed by atoms with Crippen LogP contribution in [-0.2, 0) is 6.54 Å². The fourth-order valence-electron chi connectivity index (χ4n) is 3.11. The van der Waals surface area contributed by atoms with Crippen LogP contribution in [0.4, 0.5) is 0 Å². The van der Waals surface area contributed by atoms with E-state index in [1.165, 1.54) is 37.8 Å². The van der Waals surface area contributed by atoms with Gasteiger partial charge in [0.2, 0.25) is 0 Å². The summed E-state index contributed by atoms with van der Waals surface area (Å²) >= 11 is 1.73. The molecule has 1 heterocycles. The van der Waals surface area contributed by atoms with E-state index in [4.69, 9.17) is 5.73 Å². The monoisotopic (exact) mass is 267 g/mol. The first-order valence-electron chi connectivity index (χ1n) is 6.93. The molecule has 4 heteroatoms. The van der Waals surface area contributed by atoms with Crippen LogP contribution in [0.2, 0.25) is 0 Å². The van der Waals surface area contributed by atoms with Crippen LogP contribution in [0.5, 0.6) is 0 Å². The van der Waals surface area contributed by atoms with Crippen molar-refractivity contribution in [3.05, 3.63) is 16.1 Å². The van der Waals surface area contributed by atoms with Gasteiger partial charge in [-0.2, -0.15) is 0 Å². The van der Waals surface area contributed by atoms with E-state index in [2.05, 4.69) is 29.2 Å². The summed E-state index contributed by atoms with van der Waals surface area (Å²) in [7, 11) is 2.20. The summed E-state index contributed by atoms with van der Waals surface area (Å²) < 4.78 is 0. The molecule has 2 rings (SSSR count). The molecule has 0 aliphatic heterocycles. The van der Waals surface area contributed by atoms with Crippen molar-refractivity contribution in [2.45, 2.75) is 45.6 Å². The Morgan fingerprint density at radius 1 is 1.39 bits per heavy atom. The molecule has 0 spiro atoms. The van der Waals surface area contributed by atoms with Crippen molar-refractivity contribution >= 4 is 11.3 Å². The van der Waals surface area contributed by atoms with Gasteiger partial charge in [-0.1, -0.05) is 19.3 Å². The van der Waals surface area contributed by atoms with Crippen molar-refractivity contribution in [2.24, 2.45) is 11.1 Å². The Morgan fingerprint density at radius 3 is 2.67 bits per heavy atom. The van der Waals surface area contributed by atoms with Gasteiger partial charge in [0.15, 0.2) is 0 Å². The van der Waals surface area contributed by atoms with Gasteiger partial charge in [0.1, 0.15) is 0 Å². The lowest BCUT2D eigenvalue weighted by Gasteiger charge is -2.39. The van der Waals surface area contributed by atoms with Gasteiger partial charge in [-0.3, -0.25) is 4.90 Å². The van der Waals surface area contributed by atoms with Crippen molar-refractivity contribution in [1.82, 2.24) is 9.88 Å². The smallest absolute Gasteiger partial charge is 0.0897 e. The number of nitrogens with two attached hydrogens (primary N) is 1. The van der Waals surface area contributed by atoms with Gasteiger partial charge in [0, 0.05) is 18.5 Å². The number of aryl methyl sites for hydroxylation is 1. The highest BCUT2D eigenvalue weighted by molar-refractivity contribution is 7.09. The van der Waals surface area contributed by atoms with Crippen LogP contribution in [0.25, 0.3) is 0 Å². The minimum absolute atomic E-state index is 0.359. The van der Waals surface area contributed by atoms with E-state index >= 15 is 0 Å². The Hall–Kier alpha value is -0.450. The van der Waals surface area contributed by atoms with E-state index in [-0.39, 0.29) is 0 Å². The molecule has 3 nitrogen and oxygen atoms in total. The summed E-state index contributed by atoms with van der Waals surface area (Å²) in [5.74, 6) is 0. The molecule has 1 aliphatic carbocycles. The zero-order valence-electron chi connectivity index (χ0n) is 11.6. The van der Waals surface area contributed by atoms with E-state index in [9.17, 15) is 0 Å². The van der Waals surface area contributed by atoms with Crippen molar-refractivity contribution < 1.29 is 0 Å². The molecular formula is C14H25N3S. The molecule has 1 fully saturated rings. The van der Waals surface area contributed by atoms with Crippen molar-refractivity contribution in [1.29, 1.82) is 0 Å². The first-order chi connectivity index (χ1) is 8.63. The van der Waals surface area contributed by atoms with Crippen LogP contribution in [0, 0.1) is 12.3 Å². The zero-order valence-corrected chi connectivity index (χ0v) is 12.4. The predicted molar refractivity (Wildman–Crippen MR) is 77.8 cm³/mol. The highest BCUT2D eigenvalue weighted by Crippen LogP contribution is 2.36. The van der Waals surface area contributed by atoms with Gasteiger partial charge in [0.25, 0.3) is 0 Å². The van der Waals surface area contributed by atoms with Crippen molar-refractivity contribution in [3.8, 4) is 0 Å². The minimum Gasteiger partial charge on any atom is -0.330 e.